The van der Waals surface area contributed by atoms with Crippen molar-refractivity contribution in [1.29, 1.82) is 0 Å². The Morgan fingerprint density at radius 1 is 1.07 bits per heavy atom. The molecule has 0 saturated carbocycles. The van der Waals surface area contributed by atoms with Crippen molar-refractivity contribution < 1.29 is 35.9 Å². The fourth-order valence-corrected chi connectivity index (χ4v) is 3.14. The van der Waals surface area contributed by atoms with Crippen molar-refractivity contribution in [3.63, 3.8) is 0 Å². The van der Waals surface area contributed by atoms with E-state index in [1.807, 2.05) is 5.43 Å². The lowest BCUT2D eigenvalue weighted by atomic mass is 10.2. The van der Waals surface area contributed by atoms with Gasteiger partial charge in [-0.3, -0.25) is 10.2 Å². The standard InChI is InChI=1S/C16H13F3N2O5S/c17-16(18,19)10-4-3-5-11(8-10)27(23,24)21-20-15(22)14-9-25-12-6-1-2-7-13(12)26-14/h1-8,14,21H,9H2,(H,20,22)/t14-/m0/s1. The van der Waals surface area contributed by atoms with E-state index >= 15 is 0 Å². The Bertz CT molecular complexity index is 963. The van der Waals surface area contributed by atoms with Crippen LogP contribution in [0.2, 0.25) is 0 Å². The number of benzene rings is 2. The van der Waals surface area contributed by atoms with Gasteiger partial charge in [0.2, 0.25) is 6.10 Å². The van der Waals surface area contributed by atoms with Crippen molar-refractivity contribution in [3.8, 4) is 11.5 Å². The van der Waals surface area contributed by atoms with Crippen molar-refractivity contribution >= 4 is 15.9 Å². The molecule has 0 spiro atoms. The van der Waals surface area contributed by atoms with Gasteiger partial charge in [-0.15, -0.1) is 4.83 Å². The maximum Gasteiger partial charge on any atom is 0.416 e. The predicted molar refractivity (Wildman–Crippen MR) is 86.3 cm³/mol. The summed E-state index contributed by atoms with van der Waals surface area (Å²) in [6.07, 6.45) is -5.83. The minimum absolute atomic E-state index is 0.159. The van der Waals surface area contributed by atoms with E-state index in [2.05, 4.69) is 0 Å². The van der Waals surface area contributed by atoms with Crippen molar-refractivity contribution in [3.05, 3.63) is 54.1 Å². The molecule has 0 radical (unpaired) electrons. The number of fused-ring (bicyclic) bond motifs is 1. The zero-order valence-corrected chi connectivity index (χ0v) is 14.3. The first-order chi connectivity index (χ1) is 12.7. The summed E-state index contributed by atoms with van der Waals surface area (Å²) in [6, 6.07) is 9.72. The Morgan fingerprint density at radius 3 is 2.48 bits per heavy atom. The average Bonchev–Trinajstić information content (AvgIpc) is 2.65. The second-order valence-corrected chi connectivity index (χ2v) is 7.17. The molecular formula is C16H13F3N2O5S. The van der Waals surface area contributed by atoms with Gasteiger partial charge in [0.25, 0.3) is 15.9 Å². The van der Waals surface area contributed by atoms with Crippen LogP contribution in [0, 0.1) is 0 Å². The molecule has 1 aliphatic heterocycles. The highest BCUT2D eigenvalue weighted by Gasteiger charge is 2.32. The first kappa shape index (κ1) is 19.0. The SMILES string of the molecule is O=C(NNS(=O)(=O)c1cccc(C(F)(F)F)c1)[C@@H]1COc2ccccc2O1. The van der Waals surface area contributed by atoms with Gasteiger partial charge in [-0.2, -0.15) is 13.2 Å². The quantitative estimate of drug-likeness (QED) is 0.762. The van der Waals surface area contributed by atoms with Gasteiger partial charge in [-0.05, 0) is 30.3 Å². The molecule has 0 fully saturated rings. The minimum atomic E-state index is -4.70. The highest BCUT2D eigenvalue weighted by molar-refractivity contribution is 7.89. The Labute approximate surface area is 152 Å². The van der Waals surface area contributed by atoms with Gasteiger partial charge >= 0.3 is 6.18 Å². The van der Waals surface area contributed by atoms with Crippen LogP contribution in [0.1, 0.15) is 5.56 Å². The number of nitrogens with one attached hydrogen (secondary N) is 2. The van der Waals surface area contributed by atoms with Gasteiger partial charge < -0.3 is 9.47 Å². The molecule has 0 saturated heterocycles. The number of para-hydroxylation sites is 2. The van der Waals surface area contributed by atoms with Crippen LogP contribution in [-0.4, -0.2) is 27.0 Å². The third-order valence-corrected chi connectivity index (χ3v) is 4.83. The number of halogens is 3. The van der Waals surface area contributed by atoms with E-state index in [1.165, 1.54) is 0 Å². The van der Waals surface area contributed by atoms with E-state index in [-0.39, 0.29) is 6.61 Å². The zero-order valence-electron chi connectivity index (χ0n) is 13.5. The first-order valence-corrected chi connectivity index (χ1v) is 9.02. The average molecular weight is 402 g/mol. The predicted octanol–water partition coefficient (Wildman–Crippen LogP) is 1.85. The van der Waals surface area contributed by atoms with Gasteiger partial charge in [0, 0.05) is 0 Å². The molecule has 2 aromatic carbocycles. The van der Waals surface area contributed by atoms with Gasteiger partial charge in [-0.1, -0.05) is 18.2 Å². The van der Waals surface area contributed by atoms with Crippen LogP contribution in [0.25, 0.3) is 0 Å². The number of sulfonamides is 1. The summed E-state index contributed by atoms with van der Waals surface area (Å²) in [6.45, 7) is -0.159. The van der Waals surface area contributed by atoms with Crippen molar-refractivity contribution in [1.82, 2.24) is 10.3 Å². The van der Waals surface area contributed by atoms with Crippen LogP contribution in [0.4, 0.5) is 13.2 Å². The Morgan fingerprint density at radius 2 is 1.78 bits per heavy atom. The van der Waals surface area contributed by atoms with Gasteiger partial charge in [-0.25, -0.2) is 8.42 Å². The number of carbonyl (C=O) groups excluding carboxylic acids is 1. The van der Waals surface area contributed by atoms with Crippen LogP contribution < -0.4 is 19.7 Å². The van der Waals surface area contributed by atoms with E-state index in [0.717, 1.165) is 18.2 Å². The maximum absolute atomic E-state index is 12.7. The van der Waals surface area contributed by atoms with Gasteiger partial charge in [0.15, 0.2) is 11.5 Å². The molecule has 2 aromatic rings. The third-order valence-electron chi connectivity index (χ3n) is 3.58. The van der Waals surface area contributed by atoms with E-state index < -0.39 is 38.7 Å². The van der Waals surface area contributed by atoms with E-state index in [0.29, 0.717) is 17.6 Å². The highest BCUT2D eigenvalue weighted by Crippen LogP contribution is 2.31. The monoisotopic (exact) mass is 402 g/mol. The fraction of sp³-hybridized carbons (Fsp3) is 0.188. The molecule has 144 valence electrons. The molecule has 0 aromatic heterocycles. The maximum atomic E-state index is 12.7. The molecule has 2 N–H and O–H groups in total. The van der Waals surface area contributed by atoms with Crippen LogP contribution >= 0.6 is 0 Å². The number of ether oxygens (including phenoxy) is 2. The number of alkyl halides is 3. The molecule has 7 nitrogen and oxygen atoms in total. The topological polar surface area (TPSA) is 93.7 Å². The molecule has 1 atom stereocenters. The first-order valence-electron chi connectivity index (χ1n) is 7.54. The zero-order chi connectivity index (χ0) is 19.7. The van der Waals surface area contributed by atoms with Crippen molar-refractivity contribution in [2.24, 2.45) is 0 Å². The Hall–Kier alpha value is -2.79. The summed E-state index contributed by atoms with van der Waals surface area (Å²) >= 11 is 0. The number of hydrogen-bond acceptors (Lipinski definition) is 5. The van der Waals surface area contributed by atoms with Crippen LogP contribution in [0.5, 0.6) is 11.5 Å². The largest absolute Gasteiger partial charge is 0.485 e. The number of hydrogen-bond donors (Lipinski definition) is 2. The number of rotatable bonds is 4. The Balaban J connectivity index is 1.67. The van der Waals surface area contributed by atoms with Crippen LogP contribution in [0.15, 0.2) is 53.4 Å². The third kappa shape index (κ3) is 4.31. The van der Waals surface area contributed by atoms with Crippen molar-refractivity contribution in [2.75, 3.05) is 6.61 Å². The second kappa shape index (κ2) is 7.08. The fourth-order valence-electron chi connectivity index (χ4n) is 2.25. The molecule has 11 heteroatoms. The van der Waals surface area contributed by atoms with Crippen molar-refractivity contribution in [2.45, 2.75) is 17.2 Å². The lowest BCUT2D eigenvalue weighted by molar-refractivity contribution is -0.137. The molecule has 1 heterocycles. The summed E-state index contributed by atoms with van der Waals surface area (Å²) < 4.78 is 73.2. The smallest absolute Gasteiger partial charge is 0.416 e. The van der Waals surface area contributed by atoms with E-state index in [9.17, 15) is 26.4 Å². The lowest BCUT2D eigenvalue weighted by Crippen LogP contribution is -2.50. The molecule has 0 unspecified atom stereocenters. The molecule has 3 rings (SSSR count). The number of amides is 1. The summed E-state index contributed by atoms with van der Waals surface area (Å²) in [4.78, 5) is 13.2. The number of hydrazine groups is 1. The lowest BCUT2D eigenvalue weighted by Gasteiger charge is -2.25. The highest BCUT2D eigenvalue weighted by atomic mass is 32.2. The van der Waals surface area contributed by atoms with Crippen LogP contribution in [0.3, 0.4) is 0 Å². The molecular weight excluding hydrogens is 389 g/mol. The minimum Gasteiger partial charge on any atom is -0.485 e. The van der Waals surface area contributed by atoms with E-state index in [4.69, 9.17) is 9.47 Å². The summed E-state index contributed by atoms with van der Waals surface area (Å²) in [5.74, 6) is -0.115. The normalized spacial score (nSPS) is 16.6. The second-order valence-electron chi connectivity index (χ2n) is 5.48. The Kier molecular flexibility index (Phi) is 4.98. The molecule has 0 aliphatic carbocycles. The van der Waals surface area contributed by atoms with E-state index in [1.54, 1.807) is 29.1 Å². The summed E-state index contributed by atoms with van der Waals surface area (Å²) in [5, 5.41) is 0. The van der Waals surface area contributed by atoms with Crippen LogP contribution in [-0.2, 0) is 21.0 Å². The summed E-state index contributed by atoms with van der Waals surface area (Å²) in [5.41, 5.74) is 0.790. The van der Waals surface area contributed by atoms with Gasteiger partial charge in [0.1, 0.15) is 6.61 Å². The molecule has 1 aliphatic rings. The molecule has 27 heavy (non-hydrogen) atoms. The van der Waals surface area contributed by atoms with Gasteiger partial charge in [0.05, 0.1) is 10.5 Å². The molecule has 0 bridgehead atoms. The molecule has 1 amide bonds. The summed E-state index contributed by atoms with van der Waals surface area (Å²) in [7, 11) is -4.42. The number of carbonyl (C=O) groups is 1.